The lowest BCUT2D eigenvalue weighted by Crippen LogP contribution is -1.95. The molecule has 1 aliphatic carbocycles. The predicted molar refractivity (Wildman–Crippen MR) is 80.5 cm³/mol. The third-order valence-electron chi connectivity index (χ3n) is 4.16. The highest BCUT2D eigenvalue weighted by atomic mass is 35.5. The van der Waals surface area contributed by atoms with E-state index in [1.807, 2.05) is 18.2 Å². The number of rotatable bonds is 3. The van der Waals surface area contributed by atoms with Crippen molar-refractivity contribution in [1.82, 2.24) is 0 Å². The number of hydrogen-bond donors (Lipinski definition) is 1. The minimum absolute atomic E-state index is 0.469. The van der Waals surface area contributed by atoms with Gasteiger partial charge in [0.25, 0.3) is 0 Å². The van der Waals surface area contributed by atoms with Crippen molar-refractivity contribution in [2.45, 2.75) is 25.4 Å². The summed E-state index contributed by atoms with van der Waals surface area (Å²) < 4.78 is 11.5. The van der Waals surface area contributed by atoms with E-state index in [0.717, 1.165) is 17.6 Å². The lowest BCUT2D eigenvalue weighted by molar-refractivity contribution is 0.162. The number of aliphatic hydroxyl groups is 1. The minimum atomic E-state index is -0.890. The van der Waals surface area contributed by atoms with Crippen LogP contribution >= 0.6 is 11.6 Å². The SMILES string of the molecule is CC1CC1c1ccc(C(O)c2cc3cc(Cl)ccc3o2)o1. The molecule has 4 rings (SSSR count). The Labute approximate surface area is 127 Å². The van der Waals surface area contributed by atoms with Crippen LogP contribution in [0.25, 0.3) is 11.0 Å². The van der Waals surface area contributed by atoms with Crippen LogP contribution in [-0.2, 0) is 0 Å². The summed E-state index contributed by atoms with van der Waals surface area (Å²) in [5, 5.41) is 11.9. The van der Waals surface area contributed by atoms with E-state index in [1.54, 1.807) is 18.2 Å². The Morgan fingerprint density at radius 3 is 2.71 bits per heavy atom. The van der Waals surface area contributed by atoms with Gasteiger partial charge in [0.2, 0.25) is 0 Å². The Bertz CT molecular complexity index is 801. The maximum atomic E-state index is 10.4. The second-order valence-corrected chi connectivity index (χ2v) is 6.23. The zero-order valence-corrected chi connectivity index (χ0v) is 12.3. The van der Waals surface area contributed by atoms with Crippen molar-refractivity contribution in [3.63, 3.8) is 0 Å². The molecule has 1 aliphatic rings. The molecule has 0 spiro atoms. The first-order chi connectivity index (χ1) is 10.1. The Kier molecular flexibility index (Phi) is 2.88. The monoisotopic (exact) mass is 302 g/mol. The molecule has 1 N–H and O–H groups in total. The molecule has 108 valence electrons. The van der Waals surface area contributed by atoms with Gasteiger partial charge in [-0.1, -0.05) is 18.5 Å². The molecule has 4 heteroatoms. The van der Waals surface area contributed by atoms with Gasteiger partial charge in [-0.05, 0) is 48.7 Å². The number of hydrogen-bond acceptors (Lipinski definition) is 3. The summed E-state index contributed by atoms with van der Waals surface area (Å²) in [5.74, 6) is 3.12. The molecule has 3 atom stereocenters. The Balaban J connectivity index is 1.65. The Hall–Kier alpha value is -1.71. The van der Waals surface area contributed by atoms with Crippen LogP contribution in [0.4, 0.5) is 0 Å². The molecule has 1 aromatic carbocycles. The molecule has 3 nitrogen and oxygen atoms in total. The summed E-state index contributed by atoms with van der Waals surface area (Å²) in [6.07, 6.45) is 0.269. The average molecular weight is 303 g/mol. The van der Waals surface area contributed by atoms with Crippen LogP contribution < -0.4 is 0 Å². The summed E-state index contributed by atoms with van der Waals surface area (Å²) in [6, 6.07) is 11.0. The average Bonchev–Trinajstić information content (AvgIpc) is 2.93. The molecule has 0 bridgehead atoms. The molecule has 2 aromatic heterocycles. The fraction of sp³-hybridized carbons (Fsp3) is 0.294. The normalized spacial score (nSPS) is 22.6. The maximum absolute atomic E-state index is 10.4. The zero-order chi connectivity index (χ0) is 14.6. The van der Waals surface area contributed by atoms with E-state index in [-0.39, 0.29) is 0 Å². The standard InChI is InChI=1S/C17H15ClO3/c1-9-6-12(9)14-4-5-15(21-14)17(19)16-8-10-7-11(18)2-3-13(10)20-16/h2-5,7-9,12,17,19H,6H2,1H3. The number of benzene rings is 1. The van der Waals surface area contributed by atoms with Crippen LogP contribution in [0.2, 0.25) is 5.02 Å². The van der Waals surface area contributed by atoms with E-state index in [4.69, 9.17) is 20.4 Å². The third-order valence-corrected chi connectivity index (χ3v) is 4.39. The largest absolute Gasteiger partial charge is 0.463 e. The summed E-state index contributed by atoms with van der Waals surface area (Å²) in [4.78, 5) is 0. The first-order valence-corrected chi connectivity index (χ1v) is 7.46. The quantitative estimate of drug-likeness (QED) is 0.749. The molecular weight excluding hydrogens is 288 g/mol. The summed E-state index contributed by atoms with van der Waals surface area (Å²) >= 11 is 5.96. The van der Waals surface area contributed by atoms with Crippen LogP contribution in [0, 0.1) is 5.92 Å². The fourth-order valence-corrected chi connectivity index (χ4v) is 2.92. The van der Waals surface area contributed by atoms with Gasteiger partial charge in [0.05, 0.1) is 0 Å². The molecule has 0 aliphatic heterocycles. The van der Waals surface area contributed by atoms with Crippen molar-refractivity contribution in [1.29, 1.82) is 0 Å². The Morgan fingerprint density at radius 2 is 1.95 bits per heavy atom. The lowest BCUT2D eigenvalue weighted by Gasteiger charge is -2.03. The number of aliphatic hydroxyl groups excluding tert-OH is 1. The minimum Gasteiger partial charge on any atom is -0.463 e. The second kappa shape index (κ2) is 4.65. The highest BCUT2D eigenvalue weighted by Gasteiger charge is 2.37. The van der Waals surface area contributed by atoms with Crippen molar-refractivity contribution >= 4 is 22.6 Å². The molecule has 0 amide bonds. The van der Waals surface area contributed by atoms with Crippen molar-refractivity contribution < 1.29 is 13.9 Å². The van der Waals surface area contributed by atoms with Gasteiger partial charge in [-0.25, -0.2) is 0 Å². The van der Waals surface area contributed by atoms with Gasteiger partial charge in [-0.15, -0.1) is 0 Å². The summed E-state index contributed by atoms with van der Waals surface area (Å²) in [6.45, 7) is 2.20. The smallest absolute Gasteiger partial charge is 0.169 e. The highest BCUT2D eigenvalue weighted by Crippen LogP contribution is 2.47. The van der Waals surface area contributed by atoms with Gasteiger partial charge in [0.1, 0.15) is 22.9 Å². The molecule has 0 radical (unpaired) electrons. The van der Waals surface area contributed by atoms with Gasteiger partial charge < -0.3 is 13.9 Å². The van der Waals surface area contributed by atoms with Crippen LogP contribution in [0.15, 0.2) is 45.2 Å². The maximum Gasteiger partial charge on any atom is 0.169 e. The number of furan rings is 2. The fourth-order valence-electron chi connectivity index (χ4n) is 2.74. The number of halogens is 1. The molecule has 1 fully saturated rings. The molecule has 2 heterocycles. The molecular formula is C17H15ClO3. The van der Waals surface area contributed by atoms with Crippen LogP contribution in [0.5, 0.6) is 0 Å². The van der Waals surface area contributed by atoms with Gasteiger partial charge in [0, 0.05) is 16.3 Å². The molecule has 3 unspecified atom stereocenters. The van der Waals surface area contributed by atoms with Gasteiger partial charge in [-0.3, -0.25) is 0 Å². The van der Waals surface area contributed by atoms with Gasteiger partial charge >= 0.3 is 0 Å². The molecule has 21 heavy (non-hydrogen) atoms. The van der Waals surface area contributed by atoms with E-state index in [0.29, 0.717) is 34.0 Å². The van der Waals surface area contributed by atoms with Crippen molar-refractivity contribution in [2.75, 3.05) is 0 Å². The molecule has 0 saturated heterocycles. The topological polar surface area (TPSA) is 46.5 Å². The van der Waals surface area contributed by atoms with Crippen LogP contribution in [0.1, 0.15) is 42.6 Å². The first-order valence-electron chi connectivity index (χ1n) is 7.08. The van der Waals surface area contributed by atoms with E-state index in [9.17, 15) is 5.11 Å². The van der Waals surface area contributed by atoms with Crippen LogP contribution in [-0.4, -0.2) is 5.11 Å². The van der Waals surface area contributed by atoms with Crippen molar-refractivity contribution in [3.8, 4) is 0 Å². The second-order valence-electron chi connectivity index (χ2n) is 5.79. The third kappa shape index (κ3) is 2.27. The zero-order valence-electron chi connectivity index (χ0n) is 11.5. The highest BCUT2D eigenvalue weighted by molar-refractivity contribution is 6.31. The summed E-state index contributed by atoms with van der Waals surface area (Å²) in [7, 11) is 0. The first kappa shape index (κ1) is 13.0. The predicted octanol–water partition coefficient (Wildman–Crippen LogP) is 4.88. The molecule has 3 aromatic rings. The lowest BCUT2D eigenvalue weighted by atomic mass is 10.2. The molecule has 1 saturated carbocycles. The Morgan fingerprint density at radius 1 is 1.14 bits per heavy atom. The van der Waals surface area contributed by atoms with Crippen LogP contribution in [0.3, 0.4) is 0 Å². The van der Waals surface area contributed by atoms with Crippen molar-refractivity contribution in [3.05, 3.63) is 58.7 Å². The summed E-state index contributed by atoms with van der Waals surface area (Å²) in [5.41, 5.74) is 0.705. The van der Waals surface area contributed by atoms with E-state index < -0.39 is 6.10 Å². The van der Waals surface area contributed by atoms with Gasteiger partial charge in [-0.2, -0.15) is 0 Å². The van der Waals surface area contributed by atoms with E-state index in [2.05, 4.69) is 6.92 Å². The number of fused-ring (bicyclic) bond motifs is 1. The van der Waals surface area contributed by atoms with Gasteiger partial charge in [0.15, 0.2) is 6.10 Å². The van der Waals surface area contributed by atoms with Crippen molar-refractivity contribution in [2.24, 2.45) is 5.92 Å². The van der Waals surface area contributed by atoms with E-state index >= 15 is 0 Å². The van der Waals surface area contributed by atoms with E-state index in [1.165, 1.54) is 0 Å².